The van der Waals surface area contributed by atoms with Crippen molar-refractivity contribution >= 4 is 50.0 Å². The first-order valence-corrected chi connectivity index (χ1v) is 16.8. The average Bonchev–Trinajstić information content (AvgIpc) is 2.87. The fourth-order valence-corrected chi connectivity index (χ4v) is 6.30. The van der Waals surface area contributed by atoms with Gasteiger partial charge in [-0.1, -0.05) is 44.2 Å². The molecule has 1 rings (SSSR count). The molecule has 0 fully saturated rings. The van der Waals surface area contributed by atoms with Gasteiger partial charge in [-0.25, -0.2) is 21.6 Å². The van der Waals surface area contributed by atoms with Crippen molar-refractivity contribution in [2.24, 2.45) is 17.6 Å². The Hall–Kier alpha value is -2.44. The predicted molar refractivity (Wildman–Crippen MR) is 151 cm³/mol. The van der Waals surface area contributed by atoms with E-state index >= 15 is 0 Å². The third-order valence-electron chi connectivity index (χ3n) is 5.86. The zero-order valence-electron chi connectivity index (χ0n) is 23.2. The van der Waals surface area contributed by atoms with E-state index in [0.29, 0.717) is 5.56 Å². The smallest absolute Gasteiger partial charge is 0.435 e. The Balaban J connectivity index is 3.21. The van der Waals surface area contributed by atoms with Crippen LogP contribution in [-0.2, 0) is 62.2 Å². The van der Waals surface area contributed by atoms with E-state index in [1.54, 1.807) is 51.1 Å². The monoisotopic (exact) mass is 642 g/mol. The summed E-state index contributed by atoms with van der Waals surface area (Å²) < 4.78 is 80.8. The van der Waals surface area contributed by atoms with Crippen LogP contribution in [0.3, 0.4) is 0 Å². The fraction of sp³-hybridized carbons (Fsp3) is 0.625. The van der Waals surface area contributed by atoms with Gasteiger partial charge in [0.25, 0.3) is 6.29 Å². The van der Waals surface area contributed by atoms with Gasteiger partial charge in [-0.05, 0) is 31.7 Å². The number of ether oxygens (including phenoxy) is 3. The van der Waals surface area contributed by atoms with Crippen LogP contribution in [-0.4, -0.2) is 85.5 Å². The van der Waals surface area contributed by atoms with Gasteiger partial charge < -0.3 is 34.4 Å². The van der Waals surface area contributed by atoms with Gasteiger partial charge in [0.15, 0.2) is 26.2 Å². The van der Waals surface area contributed by atoms with Gasteiger partial charge in [-0.3, -0.25) is 9.59 Å². The van der Waals surface area contributed by atoms with E-state index in [-0.39, 0.29) is 13.0 Å². The summed E-state index contributed by atoms with van der Waals surface area (Å²) in [7, 11) is -3.58. The van der Waals surface area contributed by atoms with Crippen LogP contribution in [0.4, 0.5) is 4.79 Å². The molecule has 0 aliphatic carbocycles. The average molecular weight is 643 g/mol. The second kappa shape index (κ2) is 16.9. The van der Waals surface area contributed by atoms with Crippen molar-refractivity contribution in [2.75, 3.05) is 25.2 Å². The molecule has 234 valence electrons. The van der Waals surface area contributed by atoms with Crippen LogP contribution in [0.25, 0.3) is 0 Å². The maximum absolute atomic E-state index is 13.3. The first-order valence-electron chi connectivity index (χ1n) is 12.5. The van der Waals surface area contributed by atoms with E-state index in [1.165, 1.54) is 0 Å². The lowest BCUT2D eigenvalue weighted by Crippen LogP contribution is -2.57. The lowest BCUT2D eigenvalue weighted by Gasteiger charge is -2.35. The minimum atomic E-state index is -3.58. The molecular formula is C24H38N2O12S3. The second-order valence-corrected chi connectivity index (χ2v) is 14.5. The Morgan fingerprint density at radius 2 is 1.66 bits per heavy atom. The van der Waals surface area contributed by atoms with Crippen molar-refractivity contribution in [3.05, 3.63) is 35.9 Å². The molecule has 14 nitrogen and oxygen atoms in total. The lowest BCUT2D eigenvalue weighted by molar-refractivity contribution is -0.178. The van der Waals surface area contributed by atoms with Gasteiger partial charge in [-0.15, -0.1) is 0 Å². The molecule has 0 saturated heterocycles. The maximum Gasteiger partial charge on any atom is 0.511 e. The van der Waals surface area contributed by atoms with E-state index < -0.39 is 103 Å². The molecular weight excluding hydrogens is 604 g/mol. The number of amides is 1. The molecule has 5 atom stereocenters. The van der Waals surface area contributed by atoms with Crippen LogP contribution >= 0.6 is 0 Å². The van der Waals surface area contributed by atoms with Crippen LogP contribution in [0.2, 0.25) is 0 Å². The van der Waals surface area contributed by atoms with Gasteiger partial charge in [-0.2, -0.15) is 0 Å². The van der Waals surface area contributed by atoms with Crippen molar-refractivity contribution < 1.29 is 54.5 Å². The number of benzene rings is 1. The molecule has 0 heterocycles. The minimum absolute atomic E-state index is 0.0348. The number of carbonyl (C=O) groups is 3. The SMILES string of the molecule is CCOC(=O)OC(OC(=O)CNC(=O)C(Cc1ccccc1)CC(C(N)CCS(C)(=O)=O)(S(=O)O)S(=O)O)C(C)C. The van der Waals surface area contributed by atoms with Crippen LogP contribution in [0.15, 0.2) is 30.3 Å². The highest BCUT2D eigenvalue weighted by molar-refractivity contribution is 7.99. The number of esters is 1. The fourth-order valence-electron chi connectivity index (χ4n) is 3.69. The summed E-state index contributed by atoms with van der Waals surface area (Å²) in [5.74, 6) is -4.08. The van der Waals surface area contributed by atoms with Crippen molar-refractivity contribution in [1.29, 1.82) is 0 Å². The minimum Gasteiger partial charge on any atom is -0.435 e. The van der Waals surface area contributed by atoms with E-state index in [2.05, 4.69) is 10.1 Å². The topological polar surface area (TPSA) is 226 Å². The Morgan fingerprint density at radius 3 is 2.15 bits per heavy atom. The normalized spacial score (nSPS) is 16.9. The lowest BCUT2D eigenvalue weighted by atomic mass is 9.91. The van der Waals surface area contributed by atoms with Gasteiger partial charge in [0.05, 0.1) is 12.4 Å². The molecule has 17 heteroatoms. The highest BCUT2D eigenvalue weighted by Crippen LogP contribution is 2.33. The molecule has 1 aromatic carbocycles. The first-order chi connectivity index (χ1) is 19.0. The Morgan fingerprint density at radius 1 is 1.07 bits per heavy atom. The van der Waals surface area contributed by atoms with Crippen LogP contribution in [0, 0.1) is 11.8 Å². The number of nitrogens with two attached hydrogens (primary N) is 1. The number of sulfone groups is 1. The Kier molecular flexibility index (Phi) is 15.0. The van der Waals surface area contributed by atoms with E-state index in [9.17, 15) is 40.3 Å². The van der Waals surface area contributed by atoms with E-state index in [0.717, 1.165) is 6.26 Å². The molecule has 0 bridgehead atoms. The second-order valence-electron chi connectivity index (χ2n) is 9.55. The summed E-state index contributed by atoms with van der Waals surface area (Å²) in [6, 6.07) is 6.82. The summed E-state index contributed by atoms with van der Waals surface area (Å²) in [6.07, 6.45) is -2.67. The molecule has 1 aromatic rings. The summed E-state index contributed by atoms with van der Waals surface area (Å²) in [4.78, 5) is 37.4. The number of rotatable bonds is 17. The summed E-state index contributed by atoms with van der Waals surface area (Å²) in [5, 5.41) is 2.34. The molecule has 5 unspecified atom stereocenters. The molecule has 41 heavy (non-hydrogen) atoms. The van der Waals surface area contributed by atoms with Crippen LogP contribution < -0.4 is 11.1 Å². The van der Waals surface area contributed by atoms with Crippen LogP contribution in [0.5, 0.6) is 0 Å². The van der Waals surface area contributed by atoms with E-state index in [1.807, 2.05) is 0 Å². The standard InChI is InChI=1S/C24H38N2O12S3/c1-5-36-23(29)38-22(16(2)3)37-20(27)15-26-21(28)18(13-17-9-7-6-8-10-17)14-24(39(30)31,40(32)33)19(25)11-12-41(4,34)35/h6-10,16,18-19,22H,5,11-15,25H2,1-4H3,(H,26,28)(H,30,31)(H,32,33). The third-order valence-corrected chi connectivity index (χ3v) is 9.81. The number of hydrogen-bond donors (Lipinski definition) is 4. The van der Waals surface area contributed by atoms with E-state index in [4.69, 9.17) is 15.2 Å². The van der Waals surface area contributed by atoms with Gasteiger partial charge in [0.2, 0.25) is 5.91 Å². The summed E-state index contributed by atoms with van der Waals surface area (Å²) in [5.41, 5.74) is 6.63. The van der Waals surface area contributed by atoms with Gasteiger partial charge in [0, 0.05) is 24.1 Å². The highest BCUT2D eigenvalue weighted by Gasteiger charge is 2.51. The van der Waals surface area contributed by atoms with Gasteiger partial charge in [0.1, 0.15) is 16.4 Å². The van der Waals surface area contributed by atoms with Crippen LogP contribution in [0.1, 0.15) is 39.2 Å². The molecule has 0 saturated carbocycles. The molecule has 1 amide bonds. The quantitative estimate of drug-likeness (QED) is 0.106. The molecule has 0 spiro atoms. The molecule has 0 radical (unpaired) electrons. The predicted octanol–water partition coefficient (Wildman–Crippen LogP) is 0.952. The van der Waals surface area contributed by atoms with Crippen molar-refractivity contribution in [3.8, 4) is 0 Å². The molecule has 5 N–H and O–H groups in total. The number of nitrogens with one attached hydrogen (secondary N) is 1. The van der Waals surface area contributed by atoms with Gasteiger partial charge >= 0.3 is 12.1 Å². The van der Waals surface area contributed by atoms with Crippen molar-refractivity contribution in [3.63, 3.8) is 0 Å². The molecule has 0 aromatic heterocycles. The largest absolute Gasteiger partial charge is 0.511 e. The molecule has 0 aliphatic heterocycles. The highest BCUT2D eigenvalue weighted by atomic mass is 32.3. The zero-order chi connectivity index (χ0) is 31.4. The Bertz CT molecular complexity index is 1160. The number of hydrogen-bond acceptors (Lipinski definition) is 11. The number of carbonyl (C=O) groups excluding carboxylic acids is 3. The maximum atomic E-state index is 13.3. The molecule has 0 aliphatic rings. The van der Waals surface area contributed by atoms with Crippen molar-refractivity contribution in [2.45, 2.75) is 56.4 Å². The Labute approximate surface area is 244 Å². The first kappa shape index (κ1) is 36.6. The summed E-state index contributed by atoms with van der Waals surface area (Å²) in [6.45, 7) is 4.12. The summed E-state index contributed by atoms with van der Waals surface area (Å²) >= 11 is -6.16. The zero-order valence-corrected chi connectivity index (χ0v) is 25.7. The van der Waals surface area contributed by atoms with Crippen molar-refractivity contribution in [1.82, 2.24) is 5.32 Å². The third kappa shape index (κ3) is 12.1.